The molecule has 0 bridgehead atoms. The summed E-state index contributed by atoms with van der Waals surface area (Å²) in [6.07, 6.45) is -0.210. The summed E-state index contributed by atoms with van der Waals surface area (Å²) >= 11 is 1.81. The molecule has 116 valence electrons. The van der Waals surface area contributed by atoms with Crippen LogP contribution in [0.2, 0.25) is 0 Å². The number of hydrogen-bond donors (Lipinski definition) is 1. The van der Waals surface area contributed by atoms with E-state index in [0.29, 0.717) is 19.1 Å². The maximum Gasteiger partial charge on any atom is 0.410 e. The highest BCUT2D eigenvalue weighted by Gasteiger charge is 2.27. The Balaban J connectivity index is 1.82. The molecule has 0 aliphatic carbocycles. The number of hydrogen-bond acceptors (Lipinski definition) is 4. The van der Waals surface area contributed by atoms with Crippen molar-refractivity contribution in [1.29, 1.82) is 0 Å². The van der Waals surface area contributed by atoms with E-state index in [1.807, 2.05) is 50.7 Å². The normalized spacial score (nSPS) is 19.4. The molecule has 1 unspecified atom stereocenters. The van der Waals surface area contributed by atoms with Crippen LogP contribution in [-0.4, -0.2) is 48.0 Å². The molecule has 1 saturated heterocycles. The monoisotopic (exact) mass is 308 g/mol. The van der Waals surface area contributed by atoms with Gasteiger partial charge in [0.15, 0.2) is 0 Å². The van der Waals surface area contributed by atoms with Gasteiger partial charge in [-0.3, -0.25) is 0 Å². The van der Waals surface area contributed by atoms with Crippen molar-refractivity contribution in [3.8, 4) is 0 Å². The van der Waals surface area contributed by atoms with Crippen molar-refractivity contribution in [2.45, 2.75) is 37.3 Å². The predicted octanol–water partition coefficient (Wildman–Crippen LogP) is 2.99. The molecule has 0 saturated carbocycles. The van der Waals surface area contributed by atoms with Gasteiger partial charge in [0, 0.05) is 36.3 Å². The third-order valence-corrected chi connectivity index (χ3v) is 4.28. The van der Waals surface area contributed by atoms with Crippen molar-refractivity contribution in [3.63, 3.8) is 0 Å². The minimum atomic E-state index is -0.434. The minimum Gasteiger partial charge on any atom is -0.444 e. The van der Waals surface area contributed by atoms with E-state index >= 15 is 0 Å². The summed E-state index contributed by atoms with van der Waals surface area (Å²) in [4.78, 5) is 15.2. The van der Waals surface area contributed by atoms with Gasteiger partial charge in [0.2, 0.25) is 0 Å². The number of piperazine rings is 1. The number of benzene rings is 1. The van der Waals surface area contributed by atoms with Gasteiger partial charge < -0.3 is 15.0 Å². The van der Waals surface area contributed by atoms with E-state index in [1.54, 1.807) is 4.90 Å². The zero-order valence-corrected chi connectivity index (χ0v) is 13.8. The van der Waals surface area contributed by atoms with Crippen LogP contribution in [0.25, 0.3) is 0 Å². The molecule has 1 atom stereocenters. The zero-order valence-electron chi connectivity index (χ0n) is 13.0. The van der Waals surface area contributed by atoms with Gasteiger partial charge in [0.1, 0.15) is 5.60 Å². The van der Waals surface area contributed by atoms with Gasteiger partial charge in [-0.25, -0.2) is 4.79 Å². The van der Waals surface area contributed by atoms with E-state index in [-0.39, 0.29) is 6.09 Å². The summed E-state index contributed by atoms with van der Waals surface area (Å²) in [5, 5.41) is 3.47. The molecule has 0 spiro atoms. The van der Waals surface area contributed by atoms with Gasteiger partial charge in [-0.1, -0.05) is 18.2 Å². The molecule has 1 heterocycles. The van der Waals surface area contributed by atoms with Crippen LogP contribution in [0.3, 0.4) is 0 Å². The lowest BCUT2D eigenvalue weighted by Gasteiger charge is -2.34. The Morgan fingerprint density at radius 1 is 1.38 bits per heavy atom. The predicted molar refractivity (Wildman–Crippen MR) is 86.8 cm³/mol. The highest BCUT2D eigenvalue weighted by atomic mass is 32.2. The average Bonchev–Trinajstić information content (AvgIpc) is 2.45. The van der Waals surface area contributed by atoms with Crippen LogP contribution in [0, 0.1) is 0 Å². The molecule has 1 aromatic rings. The second-order valence-corrected chi connectivity index (χ2v) is 7.29. The Hall–Kier alpha value is -1.20. The molecule has 1 aromatic carbocycles. The van der Waals surface area contributed by atoms with E-state index in [1.165, 1.54) is 4.90 Å². The number of rotatable bonds is 3. The molecule has 1 amide bonds. The Labute approximate surface area is 131 Å². The summed E-state index contributed by atoms with van der Waals surface area (Å²) in [5.41, 5.74) is -0.434. The zero-order chi connectivity index (χ0) is 15.3. The largest absolute Gasteiger partial charge is 0.444 e. The number of carbonyl (C=O) groups is 1. The van der Waals surface area contributed by atoms with Crippen LogP contribution < -0.4 is 5.32 Å². The molecular weight excluding hydrogens is 284 g/mol. The van der Waals surface area contributed by atoms with Crippen molar-refractivity contribution < 1.29 is 9.53 Å². The molecule has 21 heavy (non-hydrogen) atoms. The summed E-state index contributed by atoms with van der Waals surface area (Å²) in [6, 6.07) is 10.6. The van der Waals surface area contributed by atoms with Gasteiger partial charge in [-0.15, -0.1) is 11.8 Å². The second-order valence-electron chi connectivity index (χ2n) is 6.20. The van der Waals surface area contributed by atoms with E-state index in [0.717, 1.165) is 12.3 Å². The van der Waals surface area contributed by atoms with Gasteiger partial charge in [0.05, 0.1) is 0 Å². The quantitative estimate of drug-likeness (QED) is 0.872. The Morgan fingerprint density at radius 3 is 2.76 bits per heavy atom. The number of ether oxygens (including phenoxy) is 1. The maximum atomic E-state index is 12.1. The lowest BCUT2D eigenvalue weighted by atomic mass is 10.2. The maximum absolute atomic E-state index is 12.1. The fourth-order valence-corrected chi connectivity index (χ4v) is 3.11. The van der Waals surface area contributed by atoms with Gasteiger partial charge >= 0.3 is 6.09 Å². The van der Waals surface area contributed by atoms with Gasteiger partial charge in [-0.2, -0.15) is 0 Å². The topological polar surface area (TPSA) is 41.6 Å². The minimum absolute atomic E-state index is 0.210. The molecule has 1 aliphatic rings. The number of amides is 1. The summed E-state index contributed by atoms with van der Waals surface area (Å²) in [7, 11) is 0. The summed E-state index contributed by atoms with van der Waals surface area (Å²) in [5.74, 6) is 0.948. The third-order valence-electron chi connectivity index (χ3n) is 3.10. The first-order valence-corrected chi connectivity index (χ1v) is 8.32. The molecule has 2 rings (SSSR count). The van der Waals surface area contributed by atoms with Crippen molar-refractivity contribution in [1.82, 2.24) is 10.2 Å². The van der Waals surface area contributed by atoms with E-state index in [9.17, 15) is 4.79 Å². The summed E-state index contributed by atoms with van der Waals surface area (Å²) < 4.78 is 5.44. The van der Waals surface area contributed by atoms with Crippen LogP contribution >= 0.6 is 11.8 Å². The molecule has 1 aliphatic heterocycles. The average molecular weight is 308 g/mol. The van der Waals surface area contributed by atoms with E-state index in [4.69, 9.17) is 4.74 Å². The molecule has 4 nitrogen and oxygen atoms in total. The van der Waals surface area contributed by atoms with Crippen molar-refractivity contribution in [2.75, 3.05) is 25.4 Å². The molecular formula is C16H24N2O2S. The number of carbonyl (C=O) groups excluding carboxylic acids is 1. The SMILES string of the molecule is CC(C)(C)OC(=O)N1CCNC(CSc2ccccc2)C1. The molecule has 1 N–H and O–H groups in total. The van der Waals surface area contributed by atoms with E-state index < -0.39 is 5.60 Å². The second kappa shape index (κ2) is 7.18. The summed E-state index contributed by atoms with van der Waals surface area (Å²) in [6.45, 7) is 7.93. The molecule has 0 aromatic heterocycles. The fraction of sp³-hybridized carbons (Fsp3) is 0.562. The van der Waals surface area contributed by atoms with Crippen LogP contribution in [-0.2, 0) is 4.74 Å². The first kappa shape index (κ1) is 16.2. The number of nitrogens with one attached hydrogen (secondary N) is 1. The first-order chi connectivity index (χ1) is 9.94. The third kappa shape index (κ3) is 5.59. The lowest BCUT2D eigenvalue weighted by Crippen LogP contribution is -2.54. The van der Waals surface area contributed by atoms with Crippen LogP contribution in [0.1, 0.15) is 20.8 Å². The fourth-order valence-electron chi connectivity index (χ4n) is 2.14. The lowest BCUT2D eigenvalue weighted by molar-refractivity contribution is 0.0203. The van der Waals surface area contributed by atoms with Crippen molar-refractivity contribution in [3.05, 3.63) is 30.3 Å². The van der Waals surface area contributed by atoms with Crippen LogP contribution in [0.4, 0.5) is 4.79 Å². The molecule has 1 fully saturated rings. The Kier molecular flexibility index (Phi) is 5.53. The highest BCUT2D eigenvalue weighted by Crippen LogP contribution is 2.19. The molecule has 0 radical (unpaired) electrons. The first-order valence-electron chi connectivity index (χ1n) is 7.33. The van der Waals surface area contributed by atoms with Crippen molar-refractivity contribution >= 4 is 17.9 Å². The standard InChI is InChI=1S/C16H24N2O2S/c1-16(2,3)20-15(19)18-10-9-17-13(11-18)12-21-14-7-5-4-6-8-14/h4-8,13,17H,9-12H2,1-3H3. The highest BCUT2D eigenvalue weighted by molar-refractivity contribution is 7.99. The van der Waals surface area contributed by atoms with E-state index in [2.05, 4.69) is 17.4 Å². The number of thioether (sulfide) groups is 1. The van der Waals surface area contributed by atoms with Gasteiger partial charge in [-0.05, 0) is 32.9 Å². The van der Waals surface area contributed by atoms with Crippen LogP contribution in [0.15, 0.2) is 35.2 Å². The van der Waals surface area contributed by atoms with Gasteiger partial charge in [0.25, 0.3) is 0 Å². The number of nitrogens with zero attached hydrogens (tertiary/aromatic N) is 1. The molecule has 5 heteroatoms. The Morgan fingerprint density at radius 2 is 2.10 bits per heavy atom. The smallest absolute Gasteiger partial charge is 0.410 e. The van der Waals surface area contributed by atoms with Crippen molar-refractivity contribution in [2.24, 2.45) is 0 Å². The Bertz CT molecular complexity index is 459. The van der Waals surface area contributed by atoms with Crippen LogP contribution in [0.5, 0.6) is 0 Å².